The van der Waals surface area contributed by atoms with Crippen LogP contribution >= 0.6 is 0 Å². The molecule has 0 amide bonds. The summed E-state index contributed by atoms with van der Waals surface area (Å²) < 4.78 is 10.7. The van der Waals surface area contributed by atoms with Gasteiger partial charge in [0.05, 0.1) is 0 Å². The number of anilines is 2. The fraction of sp³-hybridized carbons (Fsp3) is 0.200. The highest BCUT2D eigenvalue weighted by Gasteiger charge is 2.13. The molecule has 6 heteroatoms. The number of ether oxygens (including phenoxy) is 2. The van der Waals surface area contributed by atoms with Crippen LogP contribution in [0.2, 0.25) is 0 Å². The van der Waals surface area contributed by atoms with E-state index in [1.54, 1.807) is 6.33 Å². The van der Waals surface area contributed by atoms with Gasteiger partial charge in [-0.1, -0.05) is 30.3 Å². The van der Waals surface area contributed by atoms with Crippen molar-refractivity contribution in [3.8, 4) is 11.5 Å². The number of aryl methyl sites for hydroxylation is 1. The standard InChI is InChI=1S/C20H20N4O2/c1-14-4-2-3-5-16(14)11-22-20-9-19(23-12-24-20)21-10-15-6-7-17-18(8-15)26-13-25-17/h2-9,12H,10-11,13H2,1H3,(H2,21,22,23,24). The monoisotopic (exact) mass is 348 g/mol. The van der Waals surface area contributed by atoms with E-state index >= 15 is 0 Å². The van der Waals surface area contributed by atoms with E-state index in [1.165, 1.54) is 11.1 Å². The number of nitrogens with one attached hydrogen (secondary N) is 2. The summed E-state index contributed by atoms with van der Waals surface area (Å²) in [6, 6.07) is 16.1. The summed E-state index contributed by atoms with van der Waals surface area (Å²) in [5, 5.41) is 6.66. The van der Waals surface area contributed by atoms with Crippen molar-refractivity contribution < 1.29 is 9.47 Å². The van der Waals surface area contributed by atoms with Gasteiger partial charge >= 0.3 is 0 Å². The highest BCUT2D eigenvalue weighted by atomic mass is 16.7. The van der Waals surface area contributed by atoms with Gasteiger partial charge in [0.15, 0.2) is 11.5 Å². The third-order valence-corrected chi connectivity index (χ3v) is 4.30. The zero-order valence-corrected chi connectivity index (χ0v) is 14.5. The summed E-state index contributed by atoms with van der Waals surface area (Å²) in [6.07, 6.45) is 1.56. The molecule has 26 heavy (non-hydrogen) atoms. The molecule has 1 aromatic heterocycles. The summed E-state index contributed by atoms with van der Waals surface area (Å²) in [5.74, 6) is 3.13. The molecule has 0 spiro atoms. The minimum atomic E-state index is 0.286. The lowest BCUT2D eigenvalue weighted by atomic mass is 10.1. The van der Waals surface area contributed by atoms with Gasteiger partial charge in [-0.25, -0.2) is 9.97 Å². The fourth-order valence-electron chi connectivity index (χ4n) is 2.79. The van der Waals surface area contributed by atoms with E-state index in [0.717, 1.165) is 35.2 Å². The average molecular weight is 348 g/mol. The molecule has 0 saturated carbocycles. The average Bonchev–Trinajstić information content (AvgIpc) is 3.14. The Morgan fingerprint density at radius 2 is 1.65 bits per heavy atom. The minimum Gasteiger partial charge on any atom is -0.454 e. The number of hydrogen-bond acceptors (Lipinski definition) is 6. The molecule has 1 aliphatic heterocycles. The zero-order chi connectivity index (χ0) is 17.8. The van der Waals surface area contributed by atoms with Gasteiger partial charge in [-0.2, -0.15) is 0 Å². The van der Waals surface area contributed by atoms with Crippen molar-refractivity contribution in [1.29, 1.82) is 0 Å². The number of rotatable bonds is 6. The second-order valence-electron chi connectivity index (χ2n) is 6.11. The van der Waals surface area contributed by atoms with Crippen LogP contribution in [0.3, 0.4) is 0 Å². The number of aromatic nitrogens is 2. The maximum absolute atomic E-state index is 5.41. The Bertz CT molecular complexity index is 914. The molecule has 3 aromatic rings. The lowest BCUT2D eigenvalue weighted by molar-refractivity contribution is 0.174. The van der Waals surface area contributed by atoms with Crippen LogP contribution in [0.5, 0.6) is 11.5 Å². The van der Waals surface area contributed by atoms with Gasteiger partial charge in [0.1, 0.15) is 18.0 Å². The maximum atomic E-state index is 5.41. The summed E-state index contributed by atoms with van der Waals surface area (Å²) in [6.45, 7) is 3.76. The largest absolute Gasteiger partial charge is 0.454 e. The predicted octanol–water partition coefficient (Wildman–Crippen LogP) is 3.74. The van der Waals surface area contributed by atoms with E-state index in [4.69, 9.17) is 9.47 Å². The molecule has 0 fully saturated rings. The first-order chi connectivity index (χ1) is 12.8. The van der Waals surface area contributed by atoms with Crippen molar-refractivity contribution in [2.45, 2.75) is 20.0 Å². The van der Waals surface area contributed by atoms with E-state index < -0.39 is 0 Å². The quantitative estimate of drug-likeness (QED) is 0.707. The van der Waals surface area contributed by atoms with Gasteiger partial charge in [0.2, 0.25) is 6.79 Å². The van der Waals surface area contributed by atoms with Crippen molar-refractivity contribution >= 4 is 11.6 Å². The second-order valence-corrected chi connectivity index (χ2v) is 6.11. The maximum Gasteiger partial charge on any atom is 0.231 e. The lowest BCUT2D eigenvalue weighted by Gasteiger charge is -2.10. The van der Waals surface area contributed by atoms with Crippen LogP contribution in [0, 0.1) is 6.92 Å². The van der Waals surface area contributed by atoms with Crippen LogP contribution in [0.25, 0.3) is 0 Å². The fourth-order valence-corrected chi connectivity index (χ4v) is 2.79. The van der Waals surface area contributed by atoms with Crippen LogP contribution in [0.15, 0.2) is 54.9 Å². The van der Waals surface area contributed by atoms with E-state index in [0.29, 0.717) is 6.54 Å². The molecule has 0 bridgehead atoms. The molecule has 6 nitrogen and oxygen atoms in total. The molecule has 2 heterocycles. The van der Waals surface area contributed by atoms with E-state index in [9.17, 15) is 0 Å². The molecular weight excluding hydrogens is 328 g/mol. The van der Waals surface area contributed by atoms with Gasteiger partial charge in [-0.3, -0.25) is 0 Å². The molecule has 2 N–H and O–H groups in total. The normalized spacial score (nSPS) is 12.0. The molecule has 0 atom stereocenters. The first kappa shape index (κ1) is 16.2. The molecule has 0 unspecified atom stereocenters. The predicted molar refractivity (Wildman–Crippen MR) is 100 cm³/mol. The summed E-state index contributed by atoms with van der Waals surface area (Å²) >= 11 is 0. The zero-order valence-electron chi connectivity index (χ0n) is 14.5. The molecule has 0 aliphatic carbocycles. The number of hydrogen-bond donors (Lipinski definition) is 2. The third-order valence-electron chi connectivity index (χ3n) is 4.30. The highest BCUT2D eigenvalue weighted by molar-refractivity contribution is 5.49. The van der Waals surface area contributed by atoms with E-state index in [2.05, 4.69) is 39.7 Å². The molecule has 0 radical (unpaired) electrons. The Labute approximate surface area is 152 Å². The third kappa shape index (κ3) is 3.69. The molecule has 132 valence electrons. The number of nitrogens with zero attached hydrogens (tertiary/aromatic N) is 2. The van der Waals surface area contributed by atoms with Crippen LogP contribution in [-0.2, 0) is 13.1 Å². The Kier molecular flexibility index (Phi) is 4.55. The highest BCUT2D eigenvalue weighted by Crippen LogP contribution is 2.32. The minimum absolute atomic E-state index is 0.286. The smallest absolute Gasteiger partial charge is 0.231 e. The molecule has 0 saturated heterocycles. The Balaban J connectivity index is 1.37. The van der Waals surface area contributed by atoms with Crippen LogP contribution in [0.4, 0.5) is 11.6 Å². The van der Waals surface area contributed by atoms with Crippen LogP contribution in [-0.4, -0.2) is 16.8 Å². The number of fused-ring (bicyclic) bond motifs is 1. The first-order valence-corrected chi connectivity index (χ1v) is 8.51. The molecule has 2 aromatic carbocycles. The van der Waals surface area contributed by atoms with Crippen molar-refractivity contribution in [3.63, 3.8) is 0 Å². The van der Waals surface area contributed by atoms with E-state index in [1.807, 2.05) is 36.4 Å². The van der Waals surface area contributed by atoms with Crippen molar-refractivity contribution in [1.82, 2.24) is 9.97 Å². The summed E-state index contributed by atoms with van der Waals surface area (Å²) in [5.41, 5.74) is 3.61. The Morgan fingerprint density at radius 3 is 2.50 bits per heavy atom. The van der Waals surface area contributed by atoms with Crippen LogP contribution in [0.1, 0.15) is 16.7 Å². The topological polar surface area (TPSA) is 68.3 Å². The van der Waals surface area contributed by atoms with Crippen LogP contribution < -0.4 is 20.1 Å². The van der Waals surface area contributed by atoms with Crippen molar-refractivity contribution in [2.75, 3.05) is 17.4 Å². The van der Waals surface area contributed by atoms with Gasteiger partial charge in [-0.15, -0.1) is 0 Å². The SMILES string of the molecule is Cc1ccccc1CNc1cc(NCc2ccc3c(c2)OCO3)ncn1. The Hall–Kier alpha value is -3.28. The molecule has 1 aliphatic rings. The van der Waals surface area contributed by atoms with Crippen molar-refractivity contribution in [2.24, 2.45) is 0 Å². The van der Waals surface area contributed by atoms with Gasteiger partial charge < -0.3 is 20.1 Å². The van der Waals surface area contributed by atoms with Gasteiger partial charge in [0.25, 0.3) is 0 Å². The van der Waals surface area contributed by atoms with Gasteiger partial charge in [-0.05, 0) is 35.7 Å². The van der Waals surface area contributed by atoms with Crippen molar-refractivity contribution in [3.05, 3.63) is 71.5 Å². The Morgan fingerprint density at radius 1 is 0.885 bits per heavy atom. The lowest BCUT2D eigenvalue weighted by Crippen LogP contribution is -2.06. The van der Waals surface area contributed by atoms with E-state index in [-0.39, 0.29) is 6.79 Å². The summed E-state index contributed by atoms with van der Waals surface area (Å²) in [7, 11) is 0. The summed E-state index contributed by atoms with van der Waals surface area (Å²) in [4.78, 5) is 8.57. The number of benzene rings is 2. The molecule has 4 rings (SSSR count). The first-order valence-electron chi connectivity index (χ1n) is 8.51. The molecular formula is C20H20N4O2. The second kappa shape index (κ2) is 7.31. The van der Waals surface area contributed by atoms with Gasteiger partial charge in [0, 0.05) is 19.2 Å².